The Labute approximate surface area is 114 Å². The van der Waals surface area contributed by atoms with Crippen LogP contribution in [0.5, 0.6) is 0 Å². The van der Waals surface area contributed by atoms with Crippen molar-refractivity contribution in [2.45, 2.75) is 45.6 Å². The van der Waals surface area contributed by atoms with Gasteiger partial charge in [0.05, 0.1) is 6.54 Å². The lowest BCUT2D eigenvalue weighted by atomic mass is 9.91. The van der Waals surface area contributed by atoms with Gasteiger partial charge < -0.3 is 10.6 Å². The zero-order valence-corrected chi connectivity index (χ0v) is 12.8. The van der Waals surface area contributed by atoms with Gasteiger partial charge in [0, 0.05) is 22.4 Å². The van der Waals surface area contributed by atoms with Gasteiger partial charge in [-0.15, -0.1) is 11.3 Å². The highest BCUT2D eigenvalue weighted by atomic mass is 32.1. The molecular weight excluding hydrogens is 244 g/mol. The summed E-state index contributed by atoms with van der Waals surface area (Å²) >= 11 is 1.73. The minimum absolute atomic E-state index is 0.00837. The Morgan fingerprint density at radius 1 is 1.28 bits per heavy atom. The molecule has 1 aromatic heterocycles. The van der Waals surface area contributed by atoms with Crippen molar-refractivity contribution in [1.82, 2.24) is 10.6 Å². The molecule has 0 aromatic carbocycles. The van der Waals surface area contributed by atoms with Crippen molar-refractivity contribution in [3.8, 4) is 0 Å². The molecule has 102 valence electrons. The van der Waals surface area contributed by atoms with Crippen LogP contribution >= 0.6 is 11.3 Å². The molecule has 0 saturated carbocycles. The fourth-order valence-corrected chi connectivity index (χ4v) is 2.33. The molecule has 0 aliphatic heterocycles. The number of hydrogen-bond donors (Lipinski definition) is 2. The van der Waals surface area contributed by atoms with Crippen molar-refractivity contribution in [3.63, 3.8) is 0 Å². The number of rotatable bonds is 5. The average Bonchev–Trinajstić information content (AvgIpc) is 2.76. The summed E-state index contributed by atoms with van der Waals surface area (Å²) in [5, 5.41) is 8.24. The molecule has 1 heterocycles. The van der Waals surface area contributed by atoms with E-state index in [0.717, 1.165) is 0 Å². The van der Waals surface area contributed by atoms with Gasteiger partial charge in [-0.1, -0.05) is 19.9 Å². The molecule has 0 fully saturated rings. The molecular formula is C14H24N2OS. The Morgan fingerprint density at radius 2 is 1.94 bits per heavy atom. The Bertz CT molecular complexity index is 377. The van der Waals surface area contributed by atoms with Crippen molar-refractivity contribution in [1.29, 1.82) is 0 Å². The first-order valence-corrected chi connectivity index (χ1v) is 7.14. The van der Waals surface area contributed by atoms with Gasteiger partial charge in [0.15, 0.2) is 0 Å². The zero-order valence-electron chi connectivity index (χ0n) is 12.0. The predicted molar refractivity (Wildman–Crippen MR) is 78.1 cm³/mol. The molecule has 0 aliphatic rings. The summed E-state index contributed by atoms with van der Waals surface area (Å²) in [6, 6.07) is 4.16. The molecule has 0 radical (unpaired) electrons. The van der Waals surface area contributed by atoms with Crippen LogP contribution in [0.25, 0.3) is 0 Å². The van der Waals surface area contributed by atoms with Crippen molar-refractivity contribution in [2.24, 2.45) is 0 Å². The van der Waals surface area contributed by atoms with Crippen LogP contribution in [0.2, 0.25) is 0 Å². The maximum Gasteiger partial charge on any atom is 0.234 e. The fourth-order valence-electron chi connectivity index (χ4n) is 1.48. The second-order valence-corrected chi connectivity index (χ2v) is 7.19. The molecule has 0 unspecified atom stereocenters. The van der Waals surface area contributed by atoms with E-state index in [-0.39, 0.29) is 16.9 Å². The van der Waals surface area contributed by atoms with Crippen LogP contribution in [0.3, 0.4) is 0 Å². The van der Waals surface area contributed by atoms with Gasteiger partial charge in [-0.3, -0.25) is 4.79 Å². The first kappa shape index (κ1) is 15.2. The molecule has 2 N–H and O–H groups in total. The Balaban J connectivity index is 2.39. The first-order valence-electron chi connectivity index (χ1n) is 6.26. The lowest BCUT2D eigenvalue weighted by Gasteiger charge is -2.25. The normalized spacial score (nSPS) is 12.5. The van der Waals surface area contributed by atoms with E-state index in [1.54, 1.807) is 11.3 Å². The summed E-state index contributed by atoms with van der Waals surface area (Å²) in [6.45, 7) is 11.5. The third-order valence-corrected chi connectivity index (χ3v) is 3.93. The van der Waals surface area contributed by atoms with Crippen LogP contribution in [0.15, 0.2) is 17.5 Å². The van der Waals surface area contributed by atoms with Crippen LogP contribution in [-0.2, 0) is 10.2 Å². The highest BCUT2D eigenvalue weighted by Crippen LogP contribution is 2.26. The summed E-state index contributed by atoms with van der Waals surface area (Å²) in [5.41, 5.74) is -0.0355. The van der Waals surface area contributed by atoms with Crippen LogP contribution in [0.1, 0.15) is 39.5 Å². The van der Waals surface area contributed by atoms with Crippen LogP contribution in [0, 0.1) is 0 Å². The van der Waals surface area contributed by atoms with Gasteiger partial charge in [-0.25, -0.2) is 0 Å². The molecule has 1 aromatic rings. The number of carbonyl (C=O) groups is 1. The Morgan fingerprint density at radius 3 is 2.44 bits per heavy atom. The molecule has 0 spiro atoms. The first-order chi connectivity index (χ1) is 8.21. The van der Waals surface area contributed by atoms with Gasteiger partial charge in [-0.05, 0) is 32.2 Å². The van der Waals surface area contributed by atoms with E-state index >= 15 is 0 Å². The summed E-state index contributed by atoms with van der Waals surface area (Å²) in [6.07, 6.45) is 0. The topological polar surface area (TPSA) is 41.1 Å². The second kappa shape index (κ2) is 5.85. The molecule has 1 amide bonds. The molecule has 3 nitrogen and oxygen atoms in total. The average molecular weight is 268 g/mol. The Kier molecular flexibility index (Phi) is 4.93. The maximum absolute atomic E-state index is 11.7. The predicted octanol–water partition coefficient (Wildman–Crippen LogP) is 2.53. The van der Waals surface area contributed by atoms with Crippen molar-refractivity contribution < 1.29 is 4.79 Å². The number of thiophene rings is 1. The smallest absolute Gasteiger partial charge is 0.234 e. The Hall–Kier alpha value is -0.870. The lowest BCUT2D eigenvalue weighted by molar-refractivity contribution is -0.120. The fraction of sp³-hybridized carbons (Fsp3) is 0.643. The van der Waals surface area contributed by atoms with Crippen LogP contribution in [-0.4, -0.2) is 24.5 Å². The van der Waals surface area contributed by atoms with E-state index in [9.17, 15) is 4.79 Å². The van der Waals surface area contributed by atoms with Gasteiger partial charge >= 0.3 is 0 Å². The van der Waals surface area contributed by atoms with Gasteiger partial charge in [-0.2, -0.15) is 0 Å². The van der Waals surface area contributed by atoms with Gasteiger partial charge in [0.2, 0.25) is 5.91 Å². The maximum atomic E-state index is 11.7. The summed E-state index contributed by atoms with van der Waals surface area (Å²) in [5.74, 6) is 0.0505. The molecule has 18 heavy (non-hydrogen) atoms. The standard InChI is InChI=1S/C14H24N2OS/c1-13(2,3)16-9-12(17)15-10-14(4,5)11-7-6-8-18-11/h6-8,16H,9-10H2,1-5H3,(H,15,17). The van der Waals surface area contributed by atoms with E-state index in [4.69, 9.17) is 0 Å². The van der Waals surface area contributed by atoms with E-state index in [0.29, 0.717) is 13.1 Å². The third kappa shape index (κ3) is 5.19. The molecule has 1 rings (SSSR count). The van der Waals surface area contributed by atoms with Crippen molar-refractivity contribution in [3.05, 3.63) is 22.4 Å². The van der Waals surface area contributed by atoms with E-state index in [1.165, 1.54) is 4.88 Å². The molecule has 0 aliphatic carbocycles. The highest BCUT2D eigenvalue weighted by molar-refractivity contribution is 7.10. The minimum atomic E-state index is -0.0272. The third-order valence-electron chi connectivity index (χ3n) is 2.69. The van der Waals surface area contributed by atoms with Gasteiger partial charge in [0.25, 0.3) is 0 Å². The van der Waals surface area contributed by atoms with Crippen molar-refractivity contribution >= 4 is 17.2 Å². The second-order valence-electron chi connectivity index (χ2n) is 6.24. The monoisotopic (exact) mass is 268 g/mol. The molecule has 0 saturated heterocycles. The zero-order chi connectivity index (χ0) is 13.8. The summed E-state index contributed by atoms with van der Waals surface area (Å²) < 4.78 is 0. The number of hydrogen-bond acceptors (Lipinski definition) is 3. The SMILES string of the molecule is CC(C)(C)NCC(=O)NCC(C)(C)c1cccs1. The van der Waals surface area contributed by atoms with Crippen LogP contribution in [0.4, 0.5) is 0 Å². The number of nitrogens with one attached hydrogen (secondary N) is 2. The van der Waals surface area contributed by atoms with Gasteiger partial charge in [0.1, 0.15) is 0 Å². The van der Waals surface area contributed by atoms with E-state index in [1.807, 2.05) is 6.07 Å². The van der Waals surface area contributed by atoms with E-state index in [2.05, 4.69) is 56.7 Å². The summed E-state index contributed by atoms with van der Waals surface area (Å²) in [4.78, 5) is 13.0. The quantitative estimate of drug-likeness (QED) is 0.861. The van der Waals surface area contributed by atoms with E-state index < -0.39 is 0 Å². The largest absolute Gasteiger partial charge is 0.354 e. The minimum Gasteiger partial charge on any atom is -0.354 e. The van der Waals surface area contributed by atoms with Crippen molar-refractivity contribution in [2.75, 3.05) is 13.1 Å². The lowest BCUT2D eigenvalue weighted by Crippen LogP contribution is -2.45. The van der Waals surface area contributed by atoms with Crippen LogP contribution < -0.4 is 10.6 Å². The summed E-state index contributed by atoms with van der Waals surface area (Å²) in [7, 11) is 0. The number of amides is 1. The molecule has 0 bridgehead atoms. The number of carbonyl (C=O) groups excluding carboxylic acids is 1. The molecule has 4 heteroatoms. The highest BCUT2D eigenvalue weighted by Gasteiger charge is 2.22. The molecule has 0 atom stereocenters.